The van der Waals surface area contributed by atoms with E-state index in [1.165, 1.54) is 0 Å². The fraction of sp³-hybridized carbons (Fsp3) is 0.348. The summed E-state index contributed by atoms with van der Waals surface area (Å²) >= 11 is 6.16. The molecular weight excluding hydrogens is 404 g/mol. The van der Waals surface area contributed by atoms with Crippen LogP contribution in [0.1, 0.15) is 49.8 Å². The second kappa shape index (κ2) is 8.48. The van der Waals surface area contributed by atoms with Crippen LogP contribution in [0.25, 0.3) is 5.76 Å². The van der Waals surface area contributed by atoms with E-state index >= 15 is 0 Å². The number of rotatable bonds is 5. The van der Waals surface area contributed by atoms with Gasteiger partial charge in [-0.3, -0.25) is 14.6 Å². The van der Waals surface area contributed by atoms with E-state index in [9.17, 15) is 14.7 Å². The first-order valence-corrected chi connectivity index (χ1v) is 10.5. The molecule has 1 saturated heterocycles. The highest BCUT2D eigenvalue weighted by atomic mass is 35.5. The zero-order valence-electron chi connectivity index (χ0n) is 16.7. The van der Waals surface area contributed by atoms with Gasteiger partial charge in [0.25, 0.3) is 11.7 Å². The monoisotopic (exact) mass is 426 g/mol. The van der Waals surface area contributed by atoms with Gasteiger partial charge in [-0.05, 0) is 49.6 Å². The van der Waals surface area contributed by atoms with Gasteiger partial charge in [-0.15, -0.1) is 0 Å². The first-order valence-electron chi connectivity index (χ1n) is 10.2. The average molecular weight is 427 g/mol. The summed E-state index contributed by atoms with van der Waals surface area (Å²) in [5, 5.41) is 11.6. The van der Waals surface area contributed by atoms with Crippen LogP contribution >= 0.6 is 11.6 Å². The van der Waals surface area contributed by atoms with Gasteiger partial charge in [0.2, 0.25) is 0 Å². The number of benzene rings is 1. The van der Waals surface area contributed by atoms with Crippen LogP contribution in [-0.4, -0.2) is 39.3 Å². The maximum Gasteiger partial charge on any atom is 0.295 e. The lowest BCUT2D eigenvalue weighted by Gasteiger charge is -2.30. The van der Waals surface area contributed by atoms with Crippen LogP contribution in [0.15, 0.2) is 48.3 Å². The predicted octanol–water partition coefficient (Wildman–Crippen LogP) is 4.50. The van der Waals surface area contributed by atoms with Crippen molar-refractivity contribution in [2.75, 3.05) is 6.61 Å². The van der Waals surface area contributed by atoms with Crippen LogP contribution in [-0.2, 0) is 9.59 Å². The lowest BCUT2D eigenvalue weighted by molar-refractivity contribution is -0.141. The highest BCUT2D eigenvalue weighted by Crippen LogP contribution is 2.43. The van der Waals surface area contributed by atoms with Crippen molar-refractivity contribution in [1.29, 1.82) is 0 Å². The highest BCUT2D eigenvalue weighted by Gasteiger charge is 2.49. The molecule has 1 amide bonds. The van der Waals surface area contributed by atoms with Crippen LogP contribution < -0.4 is 4.74 Å². The molecule has 1 atom stereocenters. The quantitative estimate of drug-likeness (QED) is 0.432. The molecule has 7 heteroatoms. The minimum Gasteiger partial charge on any atom is -0.507 e. The third-order valence-corrected chi connectivity index (χ3v) is 6.02. The minimum atomic E-state index is -0.679. The number of pyridine rings is 1. The number of ketones is 1. The van der Waals surface area contributed by atoms with Gasteiger partial charge in [-0.25, -0.2) is 0 Å². The highest BCUT2D eigenvalue weighted by molar-refractivity contribution is 6.46. The molecule has 1 aromatic carbocycles. The van der Waals surface area contributed by atoms with E-state index in [4.69, 9.17) is 16.3 Å². The van der Waals surface area contributed by atoms with Gasteiger partial charge in [0.15, 0.2) is 0 Å². The van der Waals surface area contributed by atoms with Gasteiger partial charge in [0, 0.05) is 24.0 Å². The summed E-state index contributed by atoms with van der Waals surface area (Å²) in [6.07, 6.45) is 7.00. The molecule has 1 unspecified atom stereocenters. The molecule has 1 N–H and O–H groups in total. The summed E-state index contributed by atoms with van der Waals surface area (Å²) in [6, 6.07) is 7.70. The number of Topliss-reactive ketones (excluding diaryl/α,β-unsaturated/α-hetero) is 1. The van der Waals surface area contributed by atoms with E-state index in [0.29, 0.717) is 28.5 Å². The van der Waals surface area contributed by atoms with E-state index < -0.39 is 17.7 Å². The Morgan fingerprint density at radius 2 is 2.03 bits per heavy atom. The zero-order valence-corrected chi connectivity index (χ0v) is 17.4. The second-order valence-corrected chi connectivity index (χ2v) is 7.92. The van der Waals surface area contributed by atoms with Crippen molar-refractivity contribution in [3.05, 3.63) is 64.4 Å². The summed E-state index contributed by atoms with van der Waals surface area (Å²) in [6.45, 7) is 2.24. The van der Waals surface area contributed by atoms with Crippen LogP contribution in [0, 0.1) is 0 Å². The number of carbonyl (C=O) groups excluding carboxylic acids is 2. The van der Waals surface area contributed by atoms with E-state index in [1.807, 2.05) is 13.0 Å². The van der Waals surface area contributed by atoms with Crippen molar-refractivity contribution in [3.8, 4) is 5.75 Å². The van der Waals surface area contributed by atoms with Crippen molar-refractivity contribution in [3.63, 3.8) is 0 Å². The van der Waals surface area contributed by atoms with Gasteiger partial charge >= 0.3 is 0 Å². The third-order valence-electron chi connectivity index (χ3n) is 5.70. The molecule has 1 saturated carbocycles. The van der Waals surface area contributed by atoms with Gasteiger partial charge in [-0.1, -0.05) is 30.5 Å². The van der Waals surface area contributed by atoms with Crippen LogP contribution in [0.5, 0.6) is 5.75 Å². The predicted molar refractivity (Wildman–Crippen MR) is 113 cm³/mol. The minimum absolute atomic E-state index is 0.0267. The molecule has 2 fully saturated rings. The second-order valence-electron chi connectivity index (χ2n) is 7.51. The lowest BCUT2D eigenvalue weighted by Crippen LogP contribution is -2.37. The molecule has 0 bridgehead atoms. The first-order chi connectivity index (χ1) is 14.5. The normalized spacial score (nSPS) is 21.4. The Hall–Kier alpha value is -2.86. The lowest BCUT2D eigenvalue weighted by atomic mass is 9.95. The van der Waals surface area contributed by atoms with Crippen molar-refractivity contribution in [2.45, 2.75) is 44.7 Å². The Labute approximate surface area is 180 Å². The SMILES string of the molecule is CCOc1cc(/C(O)=C2/C(=O)C(=O)N(C3CCCC3)C2c2cccnc2)ccc1Cl. The standard InChI is InChI=1S/C23H23ClN2O4/c1-2-30-18-12-14(9-10-17(18)24)21(27)19-20(15-6-5-11-25-13-15)26(23(29)22(19)28)16-7-3-4-8-16/h5-6,9-13,16,20,27H,2-4,7-8H2,1H3/b21-19-. The average Bonchev–Trinajstić information content (AvgIpc) is 3.37. The van der Waals surface area contributed by atoms with Gasteiger partial charge in [0.1, 0.15) is 11.5 Å². The van der Waals surface area contributed by atoms with E-state index in [-0.39, 0.29) is 17.4 Å². The number of hydrogen-bond donors (Lipinski definition) is 1. The van der Waals surface area contributed by atoms with Crippen molar-refractivity contribution >= 4 is 29.1 Å². The molecule has 156 valence electrons. The molecule has 4 rings (SSSR count). The fourth-order valence-electron chi connectivity index (χ4n) is 4.35. The summed E-state index contributed by atoms with van der Waals surface area (Å²) < 4.78 is 5.51. The molecule has 1 aliphatic heterocycles. The Morgan fingerprint density at radius 1 is 1.27 bits per heavy atom. The largest absolute Gasteiger partial charge is 0.507 e. The molecule has 0 spiro atoms. The molecule has 6 nitrogen and oxygen atoms in total. The third kappa shape index (κ3) is 3.56. The zero-order chi connectivity index (χ0) is 21.3. The smallest absolute Gasteiger partial charge is 0.295 e. The van der Waals surface area contributed by atoms with E-state index in [2.05, 4.69) is 4.98 Å². The summed E-state index contributed by atoms with van der Waals surface area (Å²) in [5.41, 5.74) is 1.15. The molecular formula is C23H23ClN2O4. The molecule has 1 aromatic heterocycles. The number of nitrogens with zero attached hydrogens (tertiary/aromatic N) is 2. The number of aromatic nitrogens is 1. The van der Waals surface area contributed by atoms with Gasteiger partial charge in [0.05, 0.1) is 23.2 Å². The first kappa shape index (κ1) is 20.4. The number of ether oxygens (including phenoxy) is 1. The Bertz CT molecular complexity index is 1000. The molecule has 0 radical (unpaired) electrons. The molecule has 2 aliphatic rings. The van der Waals surface area contributed by atoms with Crippen LogP contribution in [0.3, 0.4) is 0 Å². The number of carbonyl (C=O) groups is 2. The van der Waals surface area contributed by atoms with Crippen molar-refractivity contribution in [2.24, 2.45) is 0 Å². The topological polar surface area (TPSA) is 79.7 Å². The summed E-state index contributed by atoms with van der Waals surface area (Å²) in [5.74, 6) is -1.08. The number of hydrogen-bond acceptors (Lipinski definition) is 5. The molecule has 2 aromatic rings. The Kier molecular flexibility index (Phi) is 5.77. The fourth-order valence-corrected chi connectivity index (χ4v) is 4.52. The maximum absolute atomic E-state index is 13.1. The number of halogens is 1. The maximum atomic E-state index is 13.1. The Balaban J connectivity index is 1.86. The number of aliphatic hydroxyl groups excluding tert-OH is 1. The van der Waals surface area contributed by atoms with Gasteiger partial charge in [-0.2, -0.15) is 0 Å². The number of amides is 1. The molecule has 2 heterocycles. The number of aliphatic hydroxyl groups is 1. The van der Waals surface area contributed by atoms with E-state index in [0.717, 1.165) is 25.7 Å². The Morgan fingerprint density at radius 3 is 2.70 bits per heavy atom. The summed E-state index contributed by atoms with van der Waals surface area (Å²) in [4.78, 5) is 31.9. The van der Waals surface area contributed by atoms with E-state index in [1.54, 1.807) is 41.6 Å². The molecule has 1 aliphatic carbocycles. The number of likely N-dealkylation sites (tertiary alicyclic amines) is 1. The molecule has 30 heavy (non-hydrogen) atoms. The van der Waals surface area contributed by atoms with Crippen LogP contribution in [0.2, 0.25) is 5.02 Å². The van der Waals surface area contributed by atoms with Crippen molar-refractivity contribution in [1.82, 2.24) is 9.88 Å². The van der Waals surface area contributed by atoms with Gasteiger partial charge < -0.3 is 14.7 Å². The van der Waals surface area contributed by atoms with Crippen LogP contribution in [0.4, 0.5) is 0 Å². The van der Waals surface area contributed by atoms with Crippen molar-refractivity contribution < 1.29 is 19.4 Å². The summed E-state index contributed by atoms with van der Waals surface area (Å²) in [7, 11) is 0.